The molecule has 194 valence electrons. The number of para-hydroxylation sites is 2. The maximum Gasteiger partial charge on any atom is 0.262 e. The average Bonchev–Trinajstić information content (AvgIpc) is 3.42. The number of fused-ring (bicyclic) bond motifs is 1. The Hall–Kier alpha value is -3.44. The SMILES string of the molecule is Cc1cccc(Cn2cc(/C=C3\SC(Nc4ccccc4)N([C@@H]4CCCC[C@H]4C)C3=O)c3ccccc32)c1. The second-order valence-corrected chi connectivity index (χ2v) is 11.9. The summed E-state index contributed by atoms with van der Waals surface area (Å²) in [6.45, 7) is 5.24. The summed E-state index contributed by atoms with van der Waals surface area (Å²) in [4.78, 5) is 17.0. The van der Waals surface area contributed by atoms with Crippen LogP contribution in [-0.2, 0) is 11.3 Å². The third kappa shape index (κ3) is 5.00. The first kappa shape index (κ1) is 24.9. The number of hydrogen-bond acceptors (Lipinski definition) is 3. The molecule has 5 heteroatoms. The van der Waals surface area contributed by atoms with E-state index in [1.54, 1.807) is 11.8 Å². The molecule has 2 fully saturated rings. The maximum absolute atomic E-state index is 14.0. The first-order valence-corrected chi connectivity index (χ1v) is 14.6. The second-order valence-electron chi connectivity index (χ2n) is 10.7. The van der Waals surface area contributed by atoms with E-state index < -0.39 is 0 Å². The molecule has 1 aliphatic heterocycles. The number of nitrogens with one attached hydrogen (secondary N) is 1. The van der Waals surface area contributed by atoms with Gasteiger partial charge in [-0.3, -0.25) is 4.79 Å². The number of benzene rings is 3. The van der Waals surface area contributed by atoms with Gasteiger partial charge >= 0.3 is 0 Å². The van der Waals surface area contributed by atoms with Crippen LogP contribution < -0.4 is 5.32 Å². The van der Waals surface area contributed by atoms with Gasteiger partial charge in [-0.25, -0.2) is 0 Å². The number of hydrogen-bond donors (Lipinski definition) is 1. The topological polar surface area (TPSA) is 37.3 Å². The van der Waals surface area contributed by atoms with E-state index in [-0.39, 0.29) is 17.4 Å². The van der Waals surface area contributed by atoms with Gasteiger partial charge in [-0.15, -0.1) is 0 Å². The van der Waals surface area contributed by atoms with Crippen molar-refractivity contribution in [1.29, 1.82) is 0 Å². The minimum Gasteiger partial charge on any atom is -0.356 e. The van der Waals surface area contributed by atoms with Gasteiger partial charge in [0.15, 0.2) is 5.50 Å². The molecule has 0 spiro atoms. The first-order chi connectivity index (χ1) is 18.6. The van der Waals surface area contributed by atoms with Crippen molar-refractivity contribution in [3.63, 3.8) is 0 Å². The molecule has 1 saturated heterocycles. The smallest absolute Gasteiger partial charge is 0.262 e. The predicted octanol–water partition coefficient (Wildman–Crippen LogP) is 7.89. The summed E-state index contributed by atoms with van der Waals surface area (Å²) in [5, 5.41) is 4.84. The Labute approximate surface area is 229 Å². The van der Waals surface area contributed by atoms with E-state index in [0.717, 1.165) is 29.1 Å². The zero-order chi connectivity index (χ0) is 26.1. The third-order valence-corrected chi connectivity index (χ3v) is 9.08. The Kier molecular flexibility index (Phi) is 7.03. The molecule has 6 rings (SSSR count). The molecule has 0 radical (unpaired) electrons. The fourth-order valence-electron chi connectivity index (χ4n) is 6.04. The second kappa shape index (κ2) is 10.7. The van der Waals surface area contributed by atoms with Crippen LogP contribution >= 0.6 is 11.8 Å². The molecule has 2 aliphatic rings. The maximum atomic E-state index is 14.0. The number of nitrogens with zero attached hydrogens (tertiary/aromatic N) is 2. The van der Waals surface area contributed by atoms with Gasteiger partial charge in [-0.2, -0.15) is 0 Å². The van der Waals surface area contributed by atoms with Gasteiger partial charge in [0, 0.05) is 40.9 Å². The van der Waals surface area contributed by atoms with Crippen LogP contribution in [0.5, 0.6) is 0 Å². The molecule has 0 bridgehead atoms. The van der Waals surface area contributed by atoms with Gasteiger partial charge in [-0.05, 0) is 55.5 Å². The van der Waals surface area contributed by atoms with Gasteiger partial charge in [0.05, 0.1) is 4.91 Å². The number of aromatic nitrogens is 1. The van der Waals surface area contributed by atoms with E-state index in [1.165, 1.54) is 41.3 Å². The van der Waals surface area contributed by atoms with Gasteiger partial charge in [0.25, 0.3) is 5.91 Å². The number of thioether (sulfide) groups is 1. The molecular formula is C33H35N3OS. The Morgan fingerprint density at radius 1 is 0.974 bits per heavy atom. The van der Waals surface area contributed by atoms with Crippen molar-refractivity contribution >= 4 is 40.3 Å². The van der Waals surface area contributed by atoms with E-state index in [4.69, 9.17) is 0 Å². The molecule has 3 atom stereocenters. The summed E-state index contributed by atoms with van der Waals surface area (Å²) in [6, 6.07) is 27.7. The third-order valence-electron chi connectivity index (χ3n) is 7.97. The monoisotopic (exact) mass is 521 g/mol. The highest BCUT2D eigenvalue weighted by Gasteiger charge is 2.43. The molecule has 38 heavy (non-hydrogen) atoms. The lowest BCUT2D eigenvalue weighted by Gasteiger charge is -2.39. The van der Waals surface area contributed by atoms with Crippen molar-refractivity contribution in [2.75, 3.05) is 5.32 Å². The standard InChI is InChI=1S/C33H35N3OS/c1-23-11-10-13-25(19-23)21-35-22-26(28-16-7-9-18-30(28)35)20-31-32(37)36(29-17-8-6-12-24(29)2)33(38-31)34-27-14-4-3-5-15-27/h3-5,7,9-11,13-16,18-20,22,24,29,33-34H,6,8,12,17,21H2,1-2H3/b31-20-/t24-,29-,33?/m1/s1. The molecule has 1 N–H and O–H groups in total. The van der Waals surface area contributed by atoms with Gasteiger partial charge in [-0.1, -0.05) is 97.8 Å². The molecular weight excluding hydrogens is 486 g/mol. The van der Waals surface area contributed by atoms with Crippen molar-refractivity contribution in [2.45, 2.75) is 57.6 Å². The van der Waals surface area contributed by atoms with Crippen molar-refractivity contribution < 1.29 is 4.79 Å². The molecule has 1 aromatic heterocycles. The molecule has 1 amide bonds. The van der Waals surface area contributed by atoms with Gasteiger partial charge < -0.3 is 14.8 Å². The van der Waals surface area contributed by atoms with Crippen LogP contribution in [0.15, 0.2) is 90.0 Å². The van der Waals surface area contributed by atoms with E-state index in [1.807, 2.05) is 18.2 Å². The van der Waals surface area contributed by atoms with Gasteiger partial charge in [0.1, 0.15) is 0 Å². The van der Waals surface area contributed by atoms with E-state index >= 15 is 0 Å². The normalized spacial score (nSPS) is 22.9. The molecule has 2 heterocycles. The largest absolute Gasteiger partial charge is 0.356 e. The van der Waals surface area contributed by atoms with E-state index in [9.17, 15) is 4.79 Å². The molecule has 1 aliphatic carbocycles. The van der Waals surface area contributed by atoms with Crippen LogP contribution in [0.2, 0.25) is 0 Å². The minimum atomic E-state index is -0.109. The lowest BCUT2D eigenvalue weighted by atomic mass is 9.85. The summed E-state index contributed by atoms with van der Waals surface area (Å²) in [6.07, 6.45) is 9.03. The van der Waals surface area contributed by atoms with Gasteiger partial charge in [0.2, 0.25) is 0 Å². The van der Waals surface area contributed by atoms with Crippen molar-refractivity contribution in [1.82, 2.24) is 9.47 Å². The Morgan fingerprint density at radius 3 is 2.58 bits per heavy atom. The first-order valence-electron chi connectivity index (χ1n) is 13.7. The summed E-state index contributed by atoms with van der Waals surface area (Å²) < 4.78 is 2.31. The highest BCUT2D eigenvalue weighted by Crippen LogP contribution is 2.42. The quantitative estimate of drug-likeness (QED) is 0.262. The van der Waals surface area contributed by atoms with Crippen LogP contribution in [-0.4, -0.2) is 26.9 Å². The fraction of sp³-hybridized carbons (Fsp3) is 0.303. The summed E-state index contributed by atoms with van der Waals surface area (Å²) in [5.41, 5.74) is 5.77. The zero-order valence-corrected chi connectivity index (χ0v) is 23.0. The summed E-state index contributed by atoms with van der Waals surface area (Å²) >= 11 is 1.65. The number of anilines is 1. The Bertz CT molecular complexity index is 1470. The number of carbonyl (C=O) groups excluding carboxylic acids is 1. The predicted molar refractivity (Wildman–Crippen MR) is 160 cm³/mol. The van der Waals surface area contributed by atoms with Crippen LogP contribution in [0.4, 0.5) is 5.69 Å². The van der Waals surface area contributed by atoms with Crippen LogP contribution in [0.25, 0.3) is 17.0 Å². The summed E-state index contributed by atoms with van der Waals surface area (Å²) in [5.74, 6) is 0.654. The number of carbonyl (C=O) groups is 1. The summed E-state index contributed by atoms with van der Waals surface area (Å²) in [7, 11) is 0. The lowest BCUT2D eigenvalue weighted by Crippen LogP contribution is -2.48. The van der Waals surface area contributed by atoms with E-state index in [0.29, 0.717) is 5.92 Å². The highest BCUT2D eigenvalue weighted by atomic mass is 32.2. The minimum absolute atomic E-state index is 0.109. The molecule has 3 aromatic carbocycles. The Morgan fingerprint density at radius 2 is 1.76 bits per heavy atom. The number of rotatable bonds is 6. The average molecular weight is 522 g/mol. The van der Waals surface area contributed by atoms with Crippen LogP contribution in [0.1, 0.15) is 49.3 Å². The zero-order valence-electron chi connectivity index (χ0n) is 22.1. The number of aryl methyl sites for hydroxylation is 1. The van der Waals surface area contributed by atoms with Crippen molar-refractivity contribution in [3.05, 3.63) is 107 Å². The van der Waals surface area contributed by atoms with Crippen molar-refractivity contribution in [3.8, 4) is 0 Å². The molecule has 1 unspecified atom stereocenters. The highest BCUT2D eigenvalue weighted by molar-refractivity contribution is 8.05. The molecule has 4 aromatic rings. The van der Waals surface area contributed by atoms with Crippen molar-refractivity contribution in [2.24, 2.45) is 5.92 Å². The lowest BCUT2D eigenvalue weighted by molar-refractivity contribution is -0.129. The molecule has 4 nitrogen and oxygen atoms in total. The van der Waals surface area contributed by atoms with E-state index in [2.05, 4.69) is 102 Å². The fourth-order valence-corrected chi connectivity index (χ4v) is 7.24. The number of amides is 1. The molecule has 1 saturated carbocycles. The Balaban J connectivity index is 1.36. The van der Waals surface area contributed by atoms with Crippen LogP contribution in [0.3, 0.4) is 0 Å². The van der Waals surface area contributed by atoms with Crippen LogP contribution in [0, 0.1) is 12.8 Å².